The Balaban J connectivity index is 1.68. The van der Waals surface area contributed by atoms with Crippen LogP contribution in [0.4, 0.5) is 14.5 Å². The number of fused-ring (bicyclic) bond motifs is 1. The molecule has 7 nitrogen and oxygen atoms in total. The number of nitrogens with one attached hydrogen (secondary N) is 3. The van der Waals surface area contributed by atoms with Crippen LogP contribution in [0, 0.1) is 28.4 Å². The van der Waals surface area contributed by atoms with Crippen LogP contribution in [0.2, 0.25) is 10.0 Å². The molecule has 3 aromatic carbocycles. The van der Waals surface area contributed by atoms with Gasteiger partial charge in [-0.05, 0) is 60.7 Å². The second-order valence-corrected chi connectivity index (χ2v) is 13.2. The van der Waals surface area contributed by atoms with Crippen molar-refractivity contribution in [1.82, 2.24) is 10.3 Å². The van der Waals surface area contributed by atoms with Gasteiger partial charge in [0.25, 0.3) is 0 Å². The van der Waals surface area contributed by atoms with Crippen LogP contribution in [-0.4, -0.2) is 35.6 Å². The molecule has 0 saturated carbocycles. The van der Waals surface area contributed by atoms with Crippen molar-refractivity contribution in [3.63, 3.8) is 0 Å². The van der Waals surface area contributed by atoms with Crippen molar-refractivity contribution in [1.29, 1.82) is 5.26 Å². The average molecular weight is 654 g/mol. The summed E-state index contributed by atoms with van der Waals surface area (Å²) in [5.74, 6) is -3.91. The summed E-state index contributed by atoms with van der Waals surface area (Å²) in [7, 11) is 0. The number of ether oxygens (including phenoxy) is 1. The molecule has 1 aliphatic heterocycles. The lowest BCUT2D eigenvalue weighted by molar-refractivity contribution is -0.118. The van der Waals surface area contributed by atoms with Crippen LogP contribution in [0.3, 0.4) is 0 Å². The van der Waals surface area contributed by atoms with E-state index in [0.29, 0.717) is 23.0 Å². The highest BCUT2D eigenvalue weighted by Crippen LogP contribution is 2.53. The van der Waals surface area contributed by atoms with E-state index in [4.69, 9.17) is 27.9 Å². The summed E-state index contributed by atoms with van der Waals surface area (Å²) in [6.07, 6.45) is 0.335. The van der Waals surface area contributed by atoms with Crippen LogP contribution >= 0.6 is 23.2 Å². The minimum absolute atomic E-state index is 0.00749. The van der Waals surface area contributed by atoms with Crippen LogP contribution in [0.15, 0.2) is 60.7 Å². The first-order chi connectivity index (χ1) is 21.3. The summed E-state index contributed by atoms with van der Waals surface area (Å²) < 4.78 is 36.9. The summed E-state index contributed by atoms with van der Waals surface area (Å²) in [5, 5.41) is 17.7. The molecule has 3 N–H and O–H groups in total. The van der Waals surface area contributed by atoms with Crippen molar-refractivity contribution in [3.05, 3.63) is 99.2 Å². The fraction of sp³-hybridized carbons (Fsp3) is 0.324. The molecule has 0 unspecified atom stereocenters. The summed E-state index contributed by atoms with van der Waals surface area (Å²) in [6.45, 7) is 7.78. The lowest BCUT2D eigenvalue weighted by Gasteiger charge is -2.37. The van der Waals surface area contributed by atoms with E-state index in [1.54, 1.807) is 31.2 Å². The molecule has 4 atom stereocenters. The third-order valence-electron chi connectivity index (χ3n) is 8.15. The zero-order valence-corrected chi connectivity index (χ0v) is 26.6. The molecule has 1 saturated heterocycles. The number of rotatable bonds is 7. The minimum atomic E-state index is -1.76. The van der Waals surface area contributed by atoms with Gasteiger partial charge in [-0.15, -0.1) is 0 Å². The van der Waals surface area contributed by atoms with Crippen LogP contribution in [-0.2, 0) is 14.9 Å². The Morgan fingerprint density at radius 1 is 1.09 bits per heavy atom. The molecule has 2 heterocycles. The van der Waals surface area contributed by atoms with Gasteiger partial charge < -0.3 is 20.4 Å². The van der Waals surface area contributed by atoms with Crippen molar-refractivity contribution < 1.29 is 23.1 Å². The van der Waals surface area contributed by atoms with Gasteiger partial charge in [-0.2, -0.15) is 5.26 Å². The van der Waals surface area contributed by atoms with Gasteiger partial charge in [-0.1, -0.05) is 68.2 Å². The van der Waals surface area contributed by atoms with Crippen molar-refractivity contribution >= 4 is 51.7 Å². The Bertz CT molecular complexity index is 1830. The van der Waals surface area contributed by atoms with Gasteiger partial charge in [0.05, 0.1) is 29.4 Å². The molecule has 0 aliphatic carbocycles. The van der Waals surface area contributed by atoms with Crippen molar-refractivity contribution in [2.24, 2.45) is 5.41 Å². The maximum Gasteiger partial charge on any atom is 0.354 e. The first kappa shape index (κ1) is 32.4. The molecule has 1 aliphatic rings. The van der Waals surface area contributed by atoms with Crippen molar-refractivity contribution in [3.8, 4) is 6.07 Å². The highest BCUT2D eigenvalue weighted by atomic mass is 35.5. The molecule has 1 fully saturated rings. The molecule has 4 aromatic rings. The highest BCUT2D eigenvalue weighted by Gasteiger charge is 2.61. The van der Waals surface area contributed by atoms with Gasteiger partial charge in [-0.25, -0.2) is 13.6 Å². The monoisotopic (exact) mass is 652 g/mol. The van der Waals surface area contributed by atoms with E-state index >= 15 is 8.78 Å². The maximum atomic E-state index is 15.9. The van der Waals surface area contributed by atoms with Gasteiger partial charge in [0.2, 0.25) is 5.91 Å². The summed E-state index contributed by atoms with van der Waals surface area (Å²) in [5.41, 5.74) is -1.00. The maximum absolute atomic E-state index is 15.9. The van der Waals surface area contributed by atoms with Crippen molar-refractivity contribution in [2.45, 2.75) is 57.5 Å². The molecule has 5 rings (SSSR count). The van der Waals surface area contributed by atoms with Gasteiger partial charge in [-0.3, -0.25) is 4.79 Å². The standard InChI is InChI=1S/C34H32Cl2F2N4O3/c1-5-45-32(44)26-15-20-24(40-26)10-7-11-25(20)41-31(43)30-28(19-8-6-9-22(36)29(19)38)34(17-39,27(42-30)16-33(2,3)4)21-13-12-18(35)14-23(21)37/h6-15,27-28,30,40,42H,5,16H2,1-4H3,(H,41,43)/t27-,28-,30+,34-/m0/s1. The third-order valence-corrected chi connectivity index (χ3v) is 8.68. The third kappa shape index (κ3) is 6.02. The molecule has 0 radical (unpaired) electrons. The topological polar surface area (TPSA) is 107 Å². The van der Waals surface area contributed by atoms with Gasteiger partial charge in [0, 0.05) is 33.4 Å². The predicted molar refractivity (Wildman–Crippen MR) is 171 cm³/mol. The molecule has 0 bridgehead atoms. The Morgan fingerprint density at radius 2 is 1.82 bits per heavy atom. The summed E-state index contributed by atoms with van der Waals surface area (Å²) in [4.78, 5) is 29.7. The number of amides is 1. The largest absolute Gasteiger partial charge is 0.461 e. The van der Waals surface area contributed by atoms with Gasteiger partial charge in [0.1, 0.15) is 22.7 Å². The number of esters is 1. The average Bonchev–Trinajstić information content (AvgIpc) is 3.55. The number of carbonyl (C=O) groups excluding carboxylic acids is 2. The fourth-order valence-electron chi connectivity index (χ4n) is 6.35. The zero-order chi connectivity index (χ0) is 32.7. The quantitative estimate of drug-likeness (QED) is 0.176. The molecular formula is C34H32Cl2F2N4O3. The lowest BCUT2D eigenvalue weighted by atomic mass is 9.62. The van der Waals surface area contributed by atoms with E-state index in [2.05, 4.69) is 21.7 Å². The SMILES string of the molecule is CCOC(=O)c1cc2c(NC(=O)[C@@H]3N[C@@H](CC(C)(C)C)[C@](C#N)(c4ccc(Cl)cc4F)[C@H]3c3cccc(Cl)c3F)cccc2[nH]1. The lowest BCUT2D eigenvalue weighted by Crippen LogP contribution is -2.45. The number of nitrogens with zero attached hydrogens (tertiary/aromatic N) is 1. The number of benzene rings is 3. The molecule has 11 heteroatoms. The molecule has 1 amide bonds. The van der Waals surface area contributed by atoms with Crippen LogP contribution in [0.5, 0.6) is 0 Å². The number of hydrogen-bond donors (Lipinski definition) is 3. The number of anilines is 1. The molecular weight excluding hydrogens is 621 g/mol. The smallest absolute Gasteiger partial charge is 0.354 e. The Kier molecular flexibility index (Phi) is 8.96. The molecule has 45 heavy (non-hydrogen) atoms. The molecule has 234 valence electrons. The number of aromatic nitrogens is 1. The van der Waals surface area contributed by atoms with Crippen molar-refractivity contribution in [2.75, 3.05) is 11.9 Å². The number of aromatic amines is 1. The summed E-state index contributed by atoms with van der Waals surface area (Å²) >= 11 is 12.3. The van der Waals surface area contributed by atoms with Crippen LogP contribution in [0.1, 0.15) is 61.6 Å². The number of hydrogen-bond acceptors (Lipinski definition) is 5. The predicted octanol–water partition coefficient (Wildman–Crippen LogP) is 7.89. The highest BCUT2D eigenvalue weighted by molar-refractivity contribution is 6.31. The van der Waals surface area contributed by atoms with Crippen LogP contribution < -0.4 is 10.6 Å². The second kappa shape index (κ2) is 12.4. The number of halogens is 4. The van der Waals surface area contributed by atoms with E-state index in [1.165, 1.54) is 30.3 Å². The van der Waals surface area contributed by atoms with E-state index in [-0.39, 0.29) is 38.9 Å². The second-order valence-electron chi connectivity index (χ2n) is 12.3. The number of nitriles is 1. The Morgan fingerprint density at radius 3 is 2.49 bits per heavy atom. The van der Waals surface area contributed by atoms with Gasteiger partial charge in [0.15, 0.2) is 0 Å². The molecule has 0 spiro atoms. The first-order valence-electron chi connectivity index (χ1n) is 14.5. The minimum Gasteiger partial charge on any atom is -0.461 e. The van der Waals surface area contributed by atoms with E-state index < -0.39 is 46.9 Å². The number of carbonyl (C=O) groups is 2. The van der Waals surface area contributed by atoms with E-state index in [0.717, 1.165) is 6.07 Å². The summed E-state index contributed by atoms with van der Waals surface area (Å²) in [6, 6.07) is 15.4. The number of H-pyrrole nitrogens is 1. The van der Waals surface area contributed by atoms with E-state index in [1.807, 2.05) is 20.8 Å². The van der Waals surface area contributed by atoms with E-state index in [9.17, 15) is 14.9 Å². The zero-order valence-electron chi connectivity index (χ0n) is 25.1. The first-order valence-corrected chi connectivity index (χ1v) is 15.2. The van der Waals surface area contributed by atoms with Gasteiger partial charge >= 0.3 is 5.97 Å². The fourth-order valence-corrected chi connectivity index (χ4v) is 6.69. The normalized spacial score (nSPS) is 21.4. The Labute approximate surface area is 269 Å². The Hall–Kier alpha value is -3.97. The molecule has 1 aromatic heterocycles. The van der Waals surface area contributed by atoms with Crippen LogP contribution in [0.25, 0.3) is 10.9 Å².